The van der Waals surface area contributed by atoms with Gasteiger partial charge < -0.3 is 5.73 Å². The Bertz CT molecular complexity index is 281. The predicted molar refractivity (Wildman–Crippen MR) is 56.5 cm³/mol. The van der Waals surface area contributed by atoms with Crippen LogP contribution in [0.15, 0.2) is 16.7 Å². The van der Waals surface area contributed by atoms with Crippen LogP contribution in [0.25, 0.3) is 0 Å². The molecule has 0 spiro atoms. The molecule has 74 valence electrons. The molecule has 1 unspecified atom stereocenters. The van der Waals surface area contributed by atoms with E-state index in [1.165, 1.54) is 6.07 Å². The zero-order valence-corrected chi connectivity index (χ0v) is 9.53. The monoisotopic (exact) mass is 268 g/mol. The summed E-state index contributed by atoms with van der Waals surface area (Å²) >= 11 is 3.17. The van der Waals surface area contributed by atoms with Gasteiger partial charge in [-0.1, -0.05) is 0 Å². The van der Waals surface area contributed by atoms with Gasteiger partial charge in [-0.05, 0) is 35.0 Å². The highest BCUT2D eigenvalue weighted by Gasteiger charge is 2.06. The quantitative estimate of drug-likeness (QED) is 0.837. The lowest BCUT2D eigenvalue weighted by atomic mass is 10.2. The number of nitrogens with two attached hydrogens (primary N) is 1. The summed E-state index contributed by atoms with van der Waals surface area (Å²) in [5, 5.41) is 0. The second kappa shape index (κ2) is 5.52. The minimum absolute atomic E-state index is 0. The highest BCUT2D eigenvalue weighted by Crippen LogP contribution is 2.11. The number of halogens is 3. The summed E-state index contributed by atoms with van der Waals surface area (Å²) in [7, 11) is 0. The summed E-state index contributed by atoms with van der Waals surface area (Å²) < 4.78 is 13.6. The maximum Gasteiger partial charge on any atom is 0.144 e. The molecule has 0 bridgehead atoms. The van der Waals surface area contributed by atoms with Crippen LogP contribution < -0.4 is 5.73 Å². The van der Waals surface area contributed by atoms with Gasteiger partial charge in [-0.2, -0.15) is 0 Å². The van der Waals surface area contributed by atoms with E-state index in [0.717, 1.165) is 0 Å². The third kappa shape index (κ3) is 4.02. The third-order valence-electron chi connectivity index (χ3n) is 1.40. The molecule has 0 fully saturated rings. The molecule has 0 aliphatic rings. The second-order valence-corrected chi connectivity index (χ2v) is 3.56. The Kier molecular flexibility index (Phi) is 5.44. The van der Waals surface area contributed by atoms with Crippen molar-refractivity contribution < 1.29 is 4.39 Å². The first-order valence-electron chi connectivity index (χ1n) is 3.66. The number of rotatable bonds is 2. The van der Waals surface area contributed by atoms with Gasteiger partial charge in [0, 0.05) is 12.5 Å². The van der Waals surface area contributed by atoms with Crippen molar-refractivity contribution in [2.75, 3.05) is 0 Å². The molecule has 0 aliphatic carbocycles. The van der Waals surface area contributed by atoms with Crippen molar-refractivity contribution >= 4 is 28.3 Å². The fourth-order valence-electron chi connectivity index (χ4n) is 0.906. The molecule has 1 rings (SSSR count). The summed E-state index contributed by atoms with van der Waals surface area (Å²) in [5.74, 6) is -0.296. The van der Waals surface area contributed by atoms with Crippen LogP contribution in [-0.2, 0) is 6.42 Å². The Morgan fingerprint density at radius 3 is 2.77 bits per heavy atom. The van der Waals surface area contributed by atoms with Gasteiger partial charge in [-0.3, -0.25) is 0 Å². The lowest BCUT2D eigenvalue weighted by Gasteiger charge is -2.05. The maximum absolute atomic E-state index is 13.0. The average molecular weight is 270 g/mol. The van der Waals surface area contributed by atoms with E-state index in [-0.39, 0.29) is 24.3 Å². The molecular formula is C8H11BrClFN2. The first-order valence-corrected chi connectivity index (χ1v) is 4.45. The van der Waals surface area contributed by atoms with Crippen LogP contribution in [0.5, 0.6) is 0 Å². The van der Waals surface area contributed by atoms with Crippen molar-refractivity contribution in [3.05, 3.63) is 28.2 Å². The molecule has 2 N–H and O–H groups in total. The highest BCUT2D eigenvalue weighted by molar-refractivity contribution is 9.10. The molecular weight excluding hydrogens is 258 g/mol. The Morgan fingerprint density at radius 1 is 1.62 bits per heavy atom. The molecule has 0 saturated carbocycles. The summed E-state index contributed by atoms with van der Waals surface area (Å²) in [4.78, 5) is 3.97. The zero-order valence-electron chi connectivity index (χ0n) is 7.13. The lowest BCUT2D eigenvalue weighted by Crippen LogP contribution is -2.19. The van der Waals surface area contributed by atoms with E-state index >= 15 is 0 Å². The van der Waals surface area contributed by atoms with Gasteiger partial charge in [0.15, 0.2) is 0 Å². The second-order valence-electron chi connectivity index (χ2n) is 2.74. The van der Waals surface area contributed by atoms with Crippen molar-refractivity contribution in [1.82, 2.24) is 4.98 Å². The van der Waals surface area contributed by atoms with Gasteiger partial charge in [-0.15, -0.1) is 12.4 Å². The lowest BCUT2D eigenvalue weighted by molar-refractivity contribution is 0.581. The Balaban J connectivity index is 0.00000144. The van der Waals surface area contributed by atoms with Crippen molar-refractivity contribution in [3.8, 4) is 0 Å². The van der Waals surface area contributed by atoms with E-state index in [2.05, 4.69) is 20.9 Å². The van der Waals surface area contributed by atoms with Crippen molar-refractivity contribution in [2.24, 2.45) is 5.73 Å². The molecule has 1 aromatic heterocycles. The topological polar surface area (TPSA) is 38.9 Å². The van der Waals surface area contributed by atoms with Gasteiger partial charge >= 0.3 is 0 Å². The molecule has 5 heteroatoms. The van der Waals surface area contributed by atoms with Gasteiger partial charge in [0.2, 0.25) is 0 Å². The van der Waals surface area contributed by atoms with Crippen molar-refractivity contribution in [3.63, 3.8) is 0 Å². The highest BCUT2D eigenvalue weighted by atomic mass is 79.9. The molecule has 13 heavy (non-hydrogen) atoms. The van der Waals surface area contributed by atoms with E-state index in [1.807, 2.05) is 6.92 Å². The van der Waals surface area contributed by atoms with Crippen LogP contribution in [-0.4, -0.2) is 11.0 Å². The predicted octanol–water partition coefficient (Wildman–Crippen LogP) is 2.29. The van der Waals surface area contributed by atoms with Crippen LogP contribution in [0.2, 0.25) is 0 Å². The Morgan fingerprint density at radius 2 is 2.23 bits per heavy atom. The summed E-state index contributed by atoms with van der Waals surface area (Å²) in [6.07, 6.45) is 0.464. The number of aromatic nitrogens is 1. The summed E-state index contributed by atoms with van der Waals surface area (Å²) in [6, 6.07) is 2.88. The van der Waals surface area contributed by atoms with Crippen LogP contribution >= 0.6 is 28.3 Å². The molecule has 0 aliphatic heterocycles. The minimum Gasteiger partial charge on any atom is -0.328 e. The van der Waals surface area contributed by atoms with Gasteiger partial charge in [0.1, 0.15) is 10.4 Å². The minimum atomic E-state index is -0.296. The smallest absolute Gasteiger partial charge is 0.144 e. The average Bonchev–Trinajstić information content (AvgIpc) is 1.96. The molecule has 1 aromatic rings. The van der Waals surface area contributed by atoms with Crippen LogP contribution in [0.4, 0.5) is 4.39 Å². The van der Waals surface area contributed by atoms with Gasteiger partial charge in [-0.25, -0.2) is 9.37 Å². The first kappa shape index (κ1) is 12.8. The van der Waals surface area contributed by atoms with Crippen LogP contribution in [0.1, 0.15) is 12.6 Å². The molecule has 0 radical (unpaired) electrons. The number of hydrogen-bond acceptors (Lipinski definition) is 2. The molecule has 0 aromatic carbocycles. The van der Waals surface area contributed by atoms with E-state index in [0.29, 0.717) is 16.7 Å². The maximum atomic E-state index is 13.0. The third-order valence-corrected chi connectivity index (χ3v) is 1.84. The Hall–Kier alpha value is -0.190. The SMILES string of the molecule is CC(N)Cc1nc(Br)ccc1F.Cl. The van der Waals surface area contributed by atoms with Crippen LogP contribution in [0.3, 0.4) is 0 Å². The summed E-state index contributed by atoms with van der Waals surface area (Å²) in [5.41, 5.74) is 5.94. The van der Waals surface area contributed by atoms with Crippen molar-refractivity contribution in [2.45, 2.75) is 19.4 Å². The number of pyridine rings is 1. The first-order chi connectivity index (χ1) is 5.59. The van der Waals surface area contributed by atoms with Gasteiger partial charge in [0.25, 0.3) is 0 Å². The Labute approximate surface area is 91.3 Å². The molecule has 0 saturated heterocycles. The molecule has 0 amide bonds. The van der Waals surface area contributed by atoms with E-state index in [1.54, 1.807) is 6.07 Å². The molecule has 1 heterocycles. The van der Waals surface area contributed by atoms with E-state index in [9.17, 15) is 4.39 Å². The largest absolute Gasteiger partial charge is 0.328 e. The fraction of sp³-hybridized carbons (Fsp3) is 0.375. The molecule has 2 nitrogen and oxygen atoms in total. The molecule has 1 atom stereocenters. The van der Waals surface area contributed by atoms with Gasteiger partial charge in [0.05, 0.1) is 5.69 Å². The standard InChI is InChI=1S/C8H10BrFN2.ClH/c1-5(11)4-7-6(10)2-3-8(9)12-7;/h2-3,5H,4,11H2,1H3;1H. The number of hydrogen-bond donors (Lipinski definition) is 1. The normalized spacial score (nSPS) is 12.0. The zero-order chi connectivity index (χ0) is 9.14. The van der Waals surface area contributed by atoms with E-state index in [4.69, 9.17) is 5.73 Å². The van der Waals surface area contributed by atoms with Crippen LogP contribution in [0, 0.1) is 5.82 Å². The summed E-state index contributed by atoms with van der Waals surface area (Å²) in [6.45, 7) is 1.82. The van der Waals surface area contributed by atoms with E-state index < -0.39 is 0 Å². The number of nitrogens with zero attached hydrogens (tertiary/aromatic N) is 1. The van der Waals surface area contributed by atoms with Crippen molar-refractivity contribution in [1.29, 1.82) is 0 Å². The fourth-order valence-corrected chi connectivity index (χ4v) is 1.25.